The molecule has 0 radical (unpaired) electrons. The third kappa shape index (κ3) is 2.37. The van der Waals surface area contributed by atoms with Crippen LogP contribution in [0.4, 0.5) is 5.69 Å². The van der Waals surface area contributed by atoms with Gasteiger partial charge in [0.15, 0.2) is 0 Å². The topological polar surface area (TPSA) is 57.9 Å². The van der Waals surface area contributed by atoms with Crippen LogP contribution < -0.4 is 5.73 Å². The van der Waals surface area contributed by atoms with Crippen LogP contribution in [0, 0.1) is 0 Å². The summed E-state index contributed by atoms with van der Waals surface area (Å²) in [5.74, 6) is 1.03. The Balaban J connectivity index is 1.78. The van der Waals surface area contributed by atoms with E-state index >= 15 is 0 Å². The fourth-order valence-electron chi connectivity index (χ4n) is 2.55. The van der Waals surface area contributed by atoms with E-state index in [1.54, 1.807) is 0 Å². The van der Waals surface area contributed by atoms with E-state index in [0.717, 1.165) is 40.0 Å². The van der Waals surface area contributed by atoms with E-state index in [1.165, 1.54) is 25.9 Å². The number of hydrogen-bond donors (Lipinski definition) is 2. The number of hydrogen-bond acceptors (Lipinski definition) is 3. The summed E-state index contributed by atoms with van der Waals surface area (Å²) >= 11 is 3.45. The first-order chi connectivity index (χ1) is 8.72. The van der Waals surface area contributed by atoms with Crippen molar-refractivity contribution in [2.45, 2.75) is 19.3 Å². The van der Waals surface area contributed by atoms with E-state index < -0.39 is 0 Å². The van der Waals surface area contributed by atoms with Crippen LogP contribution in [0.2, 0.25) is 0 Å². The second kappa shape index (κ2) is 4.90. The number of nitrogens with zero attached hydrogens (tertiary/aromatic N) is 2. The van der Waals surface area contributed by atoms with Crippen LogP contribution in [-0.2, 0) is 6.42 Å². The molecule has 1 aromatic heterocycles. The zero-order valence-electron chi connectivity index (χ0n) is 10.2. The highest BCUT2D eigenvalue weighted by Gasteiger charge is 2.12. The van der Waals surface area contributed by atoms with E-state index in [9.17, 15) is 0 Å². The molecule has 2 heterocycles. The highest BCUT2D eigenvalue weighted by atomic mass is 79.9. The van der Waals surface area contributed by atoms with Gasteiger partial charge in [-0.25, -0.2) is 4.98 Å². The molecule has 1 aliphatic heterocycles. The van der Waals surface area contributed by atoms with Crippen molar-refractivity contribution in [3.63, 3.8) is 0 Å². The minimum atomic E-state index is 0.725. The first-order valence-electron chi connectivity index (χ1n) is 6.38. The molecule has 4 nitrogen and oxygen atoms in total. The van der Waals surface area contributed by atoms with Gasteiger partial charge in [-0.3, -0.25) is 0 Å². The quantitative estimate of drug-likeness (QED) is 0.857. The number of anilines is 1. The summed E-state index contributed by atoms with van der Waals surface area (Å²) in [7, 11) is 0. The van der Waals surface area contributed by atoms with Gasteiger partial charge < -0.3 is 15.6 Å². The zero-order chi connectivity index (χ0) is 12.5. The average molecular weight is 309 g/mol. The third-order valence-corrected chi connectivity index (χ3v) is 3.95. The van der Waals surface area contributed by atoms with Crippen molar-refractivity contribution in [3.8, 4) is 0 Å². The maximum Gasteiger partial charge on any atom is 0.112 e. The van der Waals surface area contributed by atoms with Gasteiger partial charge in [-0.1, -0.05) is 15.9 Å². The molecule has 3 N–H and O–H groups in total. The Morgan fingerprint density at radius 1 is 1.33 bits per heavy atom. The van der Waals surface area contributed by atoms with Crippen molar-refractivity contribution >= 4 is 32.7 Å². The maximum absolute atomic E-state index is 5.97. The third-order valence-electron chi connectivity index (χ3n) is 3.49. The molecule has 0 unspecified atom stereocenters. The number of aromatic nitrogens is 2. The molecule has 1 fully saturated rings. The van der Waals surface area contributed by atoms with Crippen LogP contribution >= 0.6 is 15.9 Å². The molecule has 0 amide bonds. The number of nitrogen functional groups attached to an aromatic ring is 1. The Morgan fingerprint density at radius 3 is 2.89 bits per heavy atom. The van der Waals surface area contributed by atoms with Crippen molar-refractivity contribution < 1.29 is 0 Å². The molecule has 1 saturated heterocycles. The Bertz CT molecular complexity index is 557. The lowest BCUT2D eigenvalue weighted by Gasteiger charge is -2.12. The van der Waals surface area contributed by atoms with E-state index in [-0.39, 0.29) is 0 Å². The standard InChI is InChI=1S/C13H17BrN4/c14-9-7-10(15)13-11(8-9)16-12(17-13)3-6-18-4-1-2-5-18/h7-8H,1-6,15H2,(H,16,17). The minimum absolute atomic E-state index is 0.725. The fourth-order valence-corrected chi connectivity index (χ4v) is 3.02. The molecule has 0 spiro atoms. The van der Waals surface area contributed by atoms with Gasteiger partial charge in [-0.05, 0) is 38.1 Å². The summed E-state index contributed by atoms with van der Waals surface area (Å²) in [5, 5.41) is 0. The molecule has 0 bridgehead atoms. The number of H-pyrrole nitrogens is 1. The lowest BCUT2D eigenvalue weighted by molar-refractivity contribution is 0.341. The van der Waals surface area contributed by atoms with Gasteiger partial charge in [0.05, 0.1) is 11.2 Å². The van der Waals surface area contributed by atoms with Gasteiger partial charge in [0.2, 0.25) is 0 Å². The number of nitrogens with one attached hydrogen (secondary N) is 1. The van der Waals surface area contributed by atoms with Gasteiger partial charge in [0, 0.05) is 17.4 Å². The summed E-state index contributed by atoms with van der Waals surface area (Å²) in [6.45, 7) is 3.54. The highest BCUT2D eigenvalue weighted by molar-refractivity contribution is 9.10. The Labute approximate surface area is 115 Å². The maximum atomic E-state index is 5.97. The van der Waals surface area contributed by atoms with Crippen LogP contribution in [-0.4, -0.2) is 34.5 Å². The second-order valence-corrected chi connectivity index (χ2v) is 5.79. The molecule has 5 heteroatoms. The molecule has 18 heavy (non-hydrogen) atoms. The molecule has 2 aromatic rings. The number of rotatable bonds is 3. The van der Waals surface area contributed by atoms with Crippen LogP contribution in [0.3, 0.4) is 0 Å². The Kier molecular flexibility index (Phi) is 3.26. The molecule has 96 valence electrons. The normalized spacial score (nSPS) is 16.7. The summed E-state index contributed by atoms with van der Waals surface area (Å²) < 4.78 is 0.988. The molecular weight excluding hydrogens is 292 g/mol. The van der Waals surface area contributed by atoms with Gasteiger partial charge in [0.1, 0.15) is 11.3 Å². The highest BCUT2D eigenvalue weighted by Crippen LogP contribution is 2.24. The summed E-state index contributed by atoms with van der Waals surface area (Å²) in [4.78, 5) is 10.4. The molecule has 0 saturated carbocycles. The number of likely N-dealkylation sites (tertiary alicyclic amines) is 1. The molecule has 1 aliphatic rings. The predicted molar refractivity (Wildman–Crippen MR) is 77.6 cm³/mol. The minimum Gasteiger partial charge on any atom is -0.397 e. The van der Waals surface area contributed by atoms with E-state index in [4.69, 9.17) is 5.73 Å². The van der Waals surface area contributed by atoms with Gasteiger partial charge in [0.25, 0.3) is 0 Å². The van der Waals surface area contributed by atoms with Gasteiger partial charge >= 0.3 is 0 Å². The van der Waals surface area contributed by atoms with E-state index in [2.05, 4.69) is 30.8 Å². The number of fused-ring (bicyclic) bond motifs is 1. The van der Waals surface area contributed by atoms with Crippen molar-refractivity contribution in [2.75, 3.05) is 25.4 Å². The van der Waals surface area contributed by atoms with Gasteiger partial charge in [-0.15, -0.1) is 0 Å². The summed E-state index contributed by atoms with van der Waals surface area (Å²) in [6.07, 6.45) is 3.63. The molecule has 3 rings (SSSR count). The van der Waals surface area contributed by atoms with Gasteiger partial charge in [-0.2, -0.15) is 0 Å². The summed E-state index contributed by atoms with van der Waals surface area (Å²) in [5.41, 5.74) is 8.59. The van der Waals surface area contributed by atoms with E-state index in [0.29, 0.717) is 0 Å². The zero-order valence-corrected chi connectivity index (χ0v) is 11.8. The molecular formula is C13H17BrN4. The first-order valence-corrected chi connectivity index (χ1v) is 7.17. The Morgan fingerprint density at radius 2 is 2.11 bits per heavy atom. The van der Waals surface area contributed by atoms with Crippen LogP contribution in [0.25, 0.3) is 11.0 Å². The lowest BCUT2D eigenvalue weighted by Crippen LogP contribution is -2.22. The van der Waals surface area contributed by atoms with Crippen LogP contribution in [0.15, 0.2) is 16.6 Å². The van der Waals surface area contributed by atoms with Crippen molar-refractivity contribution in [2.24, 2.45) is 0 Å². The smallest absolute Gasteiger partial charge is 0.112 e. The molecule has 0 aliphatic carbocycles. The SMILES string of the molecule is Nc1cc(Br)cc2[nH]c(CCN3CCCC3)nc12. The number of benzene rings is 1. The first kappa shape index (κ1) is 12.0. The number of halogens is 1. The van der Waals surface area contributed by atoms with E-state index in [1.807, 2.05) is 12.1 Å². The fraction of sp³-hybridized carbons (Fsp3) is 0.462. The predicted octanol–water partition coefficient (Wildman–Crippen LogP) is 2.55. The van der Waals surface area contributed by atoms with Crippen LogP contribution in [0.5, 0.6) is 0 Å². The Hall–Kier alpha value is -1.07. The second-order valence-electron chi connectivity index (χ2n) is 4.87. The lowest BCUT2D eigenvalue weighted by atomic mass is 10.3. The average Bonchev–Trinajstić information content (AvgIpc) is 2.93. The van der Waals surface area contributed by atoms with Crippen molar-refractivity contribution in [1.29, 1.82) is 0 Å². The number of aromatic amines is 1. The van der Waals surface area contributed by atoms with Crippen LogP contribution in [0.1, 0.15) is 18.7 Å². The van der Waals surface area contributed by atoms with Crippen molar-refractivity contribution in [3.05, 3.63) is 22.4 Å². The van der Waals surface area contributed by atoms with Crippen molar-refractivity contribution in [1.82, 2.24) is 14.9 Å². The largest absolute Gasteiger partial charge is 0.397 e. The monoisotopic (exact) mass is 308 g/mol. The summed E-state index contributed by atoms with van der Waals surface area (Å²) in [6, 6.07) is 3.92. The number of nitrogens with two attached hydrogens (primary N) is 1. The molecule has 1 aromatic carbocycles. The molecule has 0 atom stereocenters. The number of imidazole rings is 1.